The molecule has 1 atom stereocenters. The van der Waals surface area contributed by atoms with Crippen molar-refractivity contribution >= 4 is 5.97 Å². The van der Waals surface area contributed by atoms with Gasteiger partial charge in [-0.3, -0.25) is 0 Å². The molecule has 1 unspecified atom stereocenters. The number of hydrogen-bond acceptors (Lipinski definition) is 4. The van der Waals surface area contributed by atoms with Gasteiger partial charge in [0.2, 0.25) is 0 Å². The number of benzene rings is 1. The minimum Gasteiger partial charge on any atom is -0.457 e. The summed E-state index contributed by atoms with van der Waals surface area (Å²) >= 11 is 0. The van der Waals surface area contributed by atoms with Gasteiger partial charge in [0.05, 0.1) is 18.3 Å². The molecule has 1 aliphatic rings. The van der Waals surface area contributed by atoms with E-state index in [4.69, 9.17) is 9.84 Å². The van der Waals surface area contributed by atoms with E-state index in [-0.39, 0.29) is 12.6 Å². The summed E-state index contributed by atoms with van der Waals surface area (Å²) in [5.74, 6) is -0.285. The van der Waals surface area contributed by atoms with Gasteiger partial charge in [0.1, 0.15) is 6.61 Å². The zero-order valence-corrected chi connectivity index (χ0v) is 9.06. The average Bonchev–Trinajstić information content (AvgIpc) is 2.65. The number of cyclic esters (lactones) is 1. The molecule has 0 spiro atoms. The van der Waals surface area contributed by atoms with E-state index in [1.807, 2.05) is 6.92 Å². The molecule has 0 saturated heterocycles. The van der Waals surface area contributed by atoms with E-state index in [0.717, 1.165) is 16.7 Å². The lowest BCUT2D eigenvalue weighted by Gasteiger charge is -2.11. The summed E-state index contributed by atoms with van der Waals surface area (Å²) < 4.78 is 4.94. The van der Waals surface area contributed by atoms with Crippen LogP contribution in [0.3, 0.4) is 0 Å². The summed E-state index contributed by atoms with van der Waals surface area (Å²) in [4.78, 5) is 11.3. The summed E-state index contributed by atoms with van der Waals surface area (Å²) in [6.45, 7) is 1.95. The first kappa shape index (κ1) is 11.1. The van der Waals surface area contributed by atoms with Crippen LogP contribution in [0.2, 0.25) is 0 Å². The Kier molecular flexibility index (Phi) is 2.94. The van der Waals surface area contributed by atoms with E-state index in [1.54, 1.807) is 12.1 Å². The smallest absolute Gasteiger partial charge is 0.338 e. The third-order valence-electron chi connectivity index (χ3n) is 2.94. The van der Waals surface area contributed by atoms with Crippen molar-refractivity contribution in [3.05, 3.63) is 34.4 Å². The Hall–Kier alpha value is -1.39. The quantitative estimate of drug-likeness (QED) is 0.733. The van der Waals surface area contributed by atoms with Crippen molar-refractivity contribution in [2.45, 2.75) is 26.1 Å². The van der Waals surface area contributed by atoms with Gasteiger partial charge in [0.15, 0.2) is 0 Å². The fourth-order valence-corrected chi connectivity index (χ4v) is 1.94. The Morgan fingerprint density at radius 1 is 1.50 bits per heavy atom. The van der Waals surface area contributed by atoms with Crippen LogP contribution in [0.1, 0.15) is 27.0 Å². The van der Waals surface area contributed by atoms with E-state index >= 15 is 0 Å². The maximum atomic E-state index is 11.3. The molecule has 4 nitrogen and oxygen atoms in total. The number of carbonyl (C=O) groups is 1. The van der Waals surface area contributed by atoms with Crippen LogP contribution in [0.5, 0.6) is 0 Å². The highest BCUT2D eigenvalue weighted by molar-refractivity contribution is 5.93. The zero-order valence-electron chi connectivity index (χ0n) is 9.06. The second kappa shape index (κ2) is 4.23. The summed E-state index contributed by atoms with van der Waals surface area (Å²) in [6.07, 6.45) is -0.362. The summed E-state index contributed by atoms with van der Waals surface area (Å²) in [5.41, 5.74) is 3.42. The van der Waals surface area contributed by atoms with Crippen LogP contribution < -0.4 is 0 Å². The molecule has 16 heavy (non-hydrogen) atoms. The number of hydrogen-bond donors (Lipinski definition) is 2. The first-order valence-electron chi connectivity index (χ1n) is 5.21. The predicted octanol–water partition coefficient (Wildman–Crippen LogP) is 0.561. The van der Waals surface area contributed by atoms with Crippen molar-refractivity contribution in [1.29, 1.82) is 0 Å². The van der Waals surface area contributed by atoms with Crippen LogP contribution in [0.4, 0.5) is 0 Å². The normalized spacial score (nSPS) is 15.8. The Balaban J connectivity index is 2.33. The second-order valence-electron chi connectivity index (χ2n) is 3.99. The Bertz CT molecular complexity index is 425. The molecule has 2 N–H and O–H groups in total. The molecule has 0 aromatic heterocycles. The molecule has 1 aromatic carbocycles. The Labute approximate surface area is 93.5 Å². The minimum absolute atomic E-state index is 0.258. The van der Waals surface area contributed by atoms with Crippen molar-refractivity contribution in [2.75, 3.05) is 6.61 Å². The van der Waals surface area contributed by atoms with E-state index in [9.17, 15) is 9.90 Å². The summed E-state index contributed by atoms with van der Waals surface area (Å²) in [5, 5.41) is 18.2. The molecule has 1 aliphatic heterocycles. The molecule has 0 fully saturated rings. The van der Waals surface area contributed by atoms with Crippen molar-refractivity contribution in [1.82, 2.24) is 0 Å². The maximum absolute atomic E-state index is 11.3. The minimum atomic E-state index is -0.755. The molecular formula is C12H14O4. The lowest BCUT2D eigenvalue weighted by atomic mass is 9.95. The Morgan fingerprint density at radius 3 is 2.94 bits per heavy atom. The molecule has 2 rings (SSSR count). The SMILES string of the molecule is Cc1c(CC(O)CO)ccc2c1COC2=O. The summed E-state index contributed by atoms with van der Waals surface area (Å²) in [6, 6.07) is 3.52. The van der Waals surface area contributed by atoms with Crippen molar-refractivity contribution in [3.8, 4) is 0 Å². The number of esters is 1. The number of ether oxygens (including phenoxy) is 1. The van der Waals surface area contributed by atoms with Crippen molar-refractivity contribution in [2.24, 2.45) is 0 Å². The number of fused-ring (bicyclic) bond motifs is 1. The highest BCUT2D eigenvalue weighted by Gasteiger charge is 2.24. The van der Waals surface area contributed by atoms with Crippen LogP contribution in [-0.4, -0.2) is 28.9 Å². The number of aliphatic hydroxyl groups excluding tert-OH is 2. The zero-order chi connectivity index (χ0) is 11.7. The van der Waals surface area contributed by atoms with E-state index < -0.39 is 6.10 Å². The first-order valence-corrected chi connectivity index (χ1v) is 5.21. The molecule has 1 aromatic rings. The van der Waals surface area contributed by atoms with Gasteiger partial charge >= 0.3 is 5.97 Å². The van der Waals surface area contributed by atoms with Gasteiger partial charge in [0, 0.05) is 12.0 Å². The summed E-state index contributed by atoms with van der Waals surface area (Å²) in [7, 11) is 0. The number of rotatable bonds is 3. The molecule has 0 radical (unpaired) electrons. The second-order valence-corrected chi connectivity index (χ2v) is 3.99. The molecule has 0 aliphatic carbocycles. The highest BCUT2D eigenvalue weighted by atomic mass is 16.5. The monoisotopic (exact) mass is 222 g/mol. The van der Waals surface area contributed by atoms with Crippen LogP contribution in [-0.2, 0) is 17.8 Å². The first-order chi connectivity index (χ1) is 7.63. The molecule has 0 amide bonds. The average molecular weight is 222 g/mol. The van der Waals surface area contributed by atoms with Crippen molar-refractivity contribution < 1.29 is 19.7 Å². The number of aliphatic hydroxyl groups is 2. The standard InChI is InChI=1S/C12H14O4/c1-7-8(4-9(14)5-13)2-3-10-11(7)6-16-12(10)15/h2-3,9,13-14H,4-6H2,1H3. The van der Waals surface area contributed by atoms with Crippen molar-refractivity contribution in [3.63, 3.8) is 0 Å². The highest BCUT2D eigenvalue weighted by Crippen LogP contribution is 2.26. The van der Waals surface area contributed by atoms with Crippen LogP contribution in [0, 0.1) is 6.92 Å². The van der Waals surface area contributed by atoms with Gasteiger partial charge in [0.25, 0.3) is 0 Å². The predicted molar refractivity (Wildman–Crippen MR) is 57.1 cm³/mol. The van der Waals surface area contributed by atoms with Gasteiger partial charge in [-0.05, 0) is 24.1 Å². The third-order valence-corrected chi connectivity index (χ3v) is 2.94. The lowest BCUT2D eigenvalue weighted by molar-refractivity contribution is 0.0535. The van der Waals surface area contributed by atoms with Gasteiger partial charge in [-0.15, -0.1) is 0 Å². The van der Waals surface area contributed by atoms with E-state index in [0.29, 0.717) is 18.6 Å². The molecule has 86 valence electrons. The molecular weight excluding hydrogens is 208 g/mol. The molecule has 4 heteroatoms. The van der Waals surface area contributed by atoms with Crippen LogP contribution >= 0.6 is 0 Å². The fraction of sp³-hybridized carbons (Fsp3) is 0.417. The molecule has 0 bridgehead atoms. The maximum Gasteiger partial charge on any atom is 0.338 e. The van der Waals surface area contributed by atoms with Gasteiger partial charge in [-0.2, -0.15) is 0 Å². The van der Waals surface area contributed by atoms with Gasteiger partial charge < -0.3 is 14.9 Å². The van der Waals surface area contributed by atoms with E-state index in [1.165, 1.54) is 0 Å². The fourth-order valence-electron chi connectivity index (χ4n) is 1.94. The van der Waals surface area contributed by atoms with Gasteiger partial charge in [-0.25, -0.2) is 4.79 Å². The van der Waals surface area contributed by atoms with Gasteiger partial charge in [-0.1, -0.05) is 6.07 Å². The number of carbonyl (C=O) groups excluding carboxylic acids is 1. The largest absolute Gasteiger partial charge is 0.457 e. The Morgan fingerprint density at radius 2 is 2.25 bits per heavy atom. The van der Waals surface area contributed by atoms with Crippen LogP contribution in [0.25, 0.3) is 0 Å². The third kappa shape index (κ3) is 1.81. The van der Waals surface area contributed by atoms with E-state index in [2.05, 4.69) is 0 Å². The lowest BCUT2D eigenvalue weighted by Crippen LogP contribution is -2.16. The van der Waals surface area contributed by atoms with Crippen LogP contribution in [0.15, 0.2) is 12.1 Å². The topological polar surface area (TPSA) is 66.8 Å². The molecule has 0 saturated carbocycles. The molecule has 1 heterocycles.